The molecule has 1 aromatic rings. The molecule has 1 heterocycles. The second-order valence-electron chi connectivity index (χ2n) is 6.36. The van der Waals surface area contributed by atoms with Gasteiger partial charge >= 0.3 is 0 Å². The van der Waals surface area contributed by atoms with Gasteiger partial charge in [-0.3, -0.25) is 4.79 Å². The summed E-state index contributed by atoms with van der Waals surface area (Å²) in [7, 11) is -3.46. The van der Waals surface area contributed by atoms with Crippen molar-refractivity contribution in [2.45, 2.75) is 47.9 Å². The van der Waals surface area contributed by atoms with E-state index in [0.717, 1.165) is 5.56 Å². The van der Waals surface area contributed by atoms with E-state index in [-0.39, 0.29) is 23.8 Å². The van der Waals surface area contributed by atoms with Crippen LogP contribution in [0.4, 0.5) is 0 Å². The summed E-state index contributed by atoms with van der Waals surface area (Å²) in [6.45, 7) is 2.14. The Morgan fingerprint density at radius 1 is 1.35 bits per heavy atom. The monoisotopic (exact) mass is 333 g/mol. The van der Waals surface area contributed by atoms with E-state index < -0.39 is 26.7 Å². The summed E-state index contributed by atoms with van der Waals surface area (Å²) in [5.74, 6) is -0.286. The van der Waals surface area contributed by atoms with Crippen molar-refractivity contribution in [3.63, 3.8) is 0 Å². The number of benzene rings is 1. The molecule has 6 nitrogen and oxygen atoms in total. The average Bonchev–Trinajstić information content (AvgIpc) is 3.11. The number of hydrogen-bond acceptors (Lipinski definition) is 5. The Kier molecular flexibility index (Phi) is 3.90. The summed E-state index contributed by atoms with van der Waals surface area (Å²) in [5.41, 5.74) is 0.268. The van der Waals surface area contributed by atoms with Crippen LogP contribution in [0.25, 0.3) is 0 Å². The number of carbonyl (C=O) groups excluding carboxylic acids is 1. The molecule has 2 aliphatic rings. The van der Waals surface area contributed by atoms with E-state index in [1.54, 1.807) is 24.3 Å². The summed E-state index contributed by atoms with van der Waals surface area (Å²) < 4.78 is 25.3. The van der Waals surface area contributed by atoms with Crippen LogP contribution in [-0.4, -0.2) is 37.7 Å². The predicted molar refractivity (Wildman–Crippen MR) is 84.3 cm³/mol. The zero-order valence-electron chi connectivity index (χ0n) is 12.9. The molecule has 2 fully saturated rings. The van der Waals surface area contributed by atoms with E-state index in [1.165, 1.54) is 0 Å². The van der Waals surface area contributed by atoms with Crippen LogP contribution in [0.1, 0.15) is 24.8 Å². The standard InChI is InChI=1S/C16H19N3O3S/c1-11-2-4-12(5-3-11)23(21,22)13-8-14(18-9-13)15(20)19-16(10-17)6-7-16/h2-5,13-14,18H,6-9H2,1H3,(H,19,20)/t13-,14+/m1/s1. The first-order valence-electron chi connectivity index (χ1n) is 7.64. The summed E-state index contributed by atoms with van der Waals surface area (Å²) >= 11 is 0. The van der Waals surface area contributed by atoms with Crippen molar-refractivity contribution in [2.24, 2.45) is 0 Å². The van der Waals surface area contributed by atoms with Crippen molar-refractivity contribution in [1.82, 2.24) is 10.6 Å². The molecule has 1 aromatic carbocycles. The number of rotatable bonds is 4. The van der Waals surface area contributed by atoms with Crippen molar-refractivity contribution in [2.75, 3.05) is 6.54 Å². The number of sulfone groups is 1. The zero-order chi connectivity index (χ0) is 16.7. The normalized spacial score (nSPS) is 25.6. The van der Waals surface area contributed by atoms with Crippen LogP contribution in [0.3, 0.4) is 0 Å². The molecular weight excluding hydrogens is 314 g/mol. The van der Waals surface area contributed by atoms with Gasteiger partial charge in [-0.15, -0.1) is 0 Å². The summed E-state index contributed by atoms with van der Waals surface area (Å²) in [6.07, 6.45) is 1.55. The Labute approximate surface area is 135 Å². The smallest absolute Gasteiger partial charge is 0.238 e. The minimum Gasteiger partial charge on any atom is -0.336 e. The molecule has 1 saturated heterocycles. The van der Waals surface area contributed by atoms with Gasteiger partial charge in [0.1, 0.15) is 5.54 Å². The lowest BCUT2D eigenvalue weighted by Gasteiger charge is -2.14. The number of carbonyl (C=O) groups is 1. The van der Waals surface area contributed by atoms with Crippen LogP contribution < -0.4 is 10.6 Å². The highest BCUT2D eigenvalue weighted by atomic mass is 32.2. The number of amides is 1. The Morgan fingerprint density at radius 2 is 2.00 bits per heavy atom. The zero-order valence-corrected chi connectivity index (χ0v) is 13.7. The van der Waals surface area contributed by atoms with E-state index >= 15 is 0 Å². The van der Waals surface area contributed by atoms with Gasteiger partial charge in [-0.25, -0.2) is 8.42 Å². The van der Waals surface area contributed by atoms with E-state index in [0.29, 0.717) is 12.8 Å². The minimum atomic E-state index is -3.46. The lowest BCUT2D eigenvalue weighted by molar-refractivity contribution is -0.123. The van der Waals surface area contributed by atoms with E-state index in [1.807, 2.05) is 6.92 Å². The first-order valence-corrected chi connectivity index (χ1v) is 9.18. The molecule has 0 spiro atoms. The molecular formula is C16H19N3O3S. The molecule has 1 aliphatic carbocycles. The molecule has 0 bridgehead atoms. The van der Waals surface area contributed by atoms with Crippen molar-refractivity contribution < 1.29 is 13.2 Å². The molecule has 0 unspecified atom stereocenters. The van der Waals surface area contributed by atoms with Gasteiger partial charge in [0.05, 0.1) is 22.3 Å². The SMILES string of the molecule is Cc1ccc(S(=O)(=O)[C@H]2CN[C@H](C(=O)NC3(C#N)CC3)C2)cc1. The van der Waals surface area contributed by atoms with Gasteiger partial charge in [0.2, 0.25) is 5.91 Å². The van der Waals surface area contributed by atoms with Gasteiger partial charge in [-0.2, -0.15) is 5.26 Å². The lowest BCUT2D eigenvalue weighted by atomic mass is 10.2. The van der Waals surface area contributed by atoms with Crippen molar-refractivity contribution in [3.05, 3.63) is 29.8 Å². The van der Waals surface area contributed by atoms with Crippen molar-refractivity contribution in [3.8, 4) is 6.07 Å². The molecule has 1 aliphatic heterocycles. The molecule has 2 N–H and O–H groups in total. The van der Waals surface area contributed by atoms with Crippen LogP contribution in [0, 0.1) is 18.3 Å². The molecule has 1 amide bonds. The Bertz CT molecular complexity index is 761. The third kappa shape index (κ3) is 3.09. The van der Waals surface area contributed by atoms with Crippen LogP contribution in [0.5, 0.6) is 0 Å². The molecule has 23 heavy (non-hydrogen) atoms. The van der Waals surface area contributed by atoms with Crippen LogP contribution >= 0.6 is 0 Å². The van der Waals surface area contributed by atoms with Crippen LogP contribution in [-0.2, 0) is 14.6 Å². The van der Waals surface area contributed by atoms with Crippen LogP contribution in [0.2, 0.25) is 0 Å². The van der Waals surface area contributed by atoms with Gasteiger partial charge in [-0.1, -0.05) is 17.7 Å². The maximum atomic E-state index is 12.6. The van der Waals surface area contributed by atoms with Gasteiger partial charge in [-0.05, 0) is 38.3 Å². The number of nitriles is 1. The fourth-order valence-electron chi connectivity index (χ4n) is 2.77. The molecule has 7 heteroatoms. The number of nitrogens with zero attached hydrogens (tertiary/aromatic N) is 1. The topological polar surface area (TPSA) is 99.1 Å². The molecule has 3 rings (SSSR count). The predicted octanol–water partition coefficient (Wildman–Crippen LogP) is 0.672. The first kappa shape index (κ1) is 16.0. The fourth-order valence-corrected chi connectivity index (χ4v) is 4.43. The number of aryl methyl sites for hydroxylation is 1. The van der Waals surface area contributed by atoms with Crippen molar-refractivity contribution in [1.29, 1.82) is 5.26 Å². The fraction of sp³-hybridized carbons (Fsp3) is 0.500. The molecule has 122 valence electrons. The second-order valence-corrected chi connectivity index (χ2v) is 8.59. The third-order valence-corrected chi connectivity index (χ3v) is 6.69. The Morgan fingerprint density at radius 3 is 2.57 bits per heavy atom. The van der Waals surface area contributed by atoms with Gasteiger partial charge in [0.15, 0.2) is 9.84 Å². The largest absolute Gasteiger partial charge is 0.336 e. The van der Waals surface area contributed by atoms with Crippen LogP contribution in [0.15, 0.2) is 29.2 Å². The van der Waals surface area contributed by atoms with Gasteiger partial charge in [0.25, 0.3) is 0 Å². The lowest BCUT2D eigenvalue weighted by Crippen LogP contribution is -2.45. The summed E-state index contributed by atoms with van der Waals surface area (Å²) in [6, 6.07) is 8.28. The molecule has 2 atom stereocenters. The van der Waals surface area contributed by atoms with Gasteiger partial charge in [0, 0.05) is 6.54 Å². The minimum absolute atomic E-state index is 0.226. The summed E-state index contributed by atoms with van der Waals surface area (Å²) in [5, 5.41) is 14.1. The van der Waals surface area contributed by atoms with E-state index in [9.17, 15) is 13.2 Å². The maximum Gasteiger partial charge on any atom is 0.238 e. The highest BCUT2D eigenvalue weighted by molar-refractivity contribution is 7.92. The number of nitrogens with one attached hydrogen (secondary N) is 2. The quantitative estimate of drug-likeness (QED) is 0.844. The second kappa shape index (κ2) is 5.62. The van der Waals surface area contributed by atoms with Crippen molar-refractivity contribution >= 4 is 15.7 Å². The Balaban J connectivity index is 1.68. The Hall–Kier alpha value is -1.91. The highest BCUT2D eigenvalue weighted by Gasteiger charge is 2.47. The van der Waals surface area contributed by atoms with Gasteiger partial charge < -0.3 is 10.6 Å². The highest BCUT2D eigenvalue weighted by Crippen LogP contribution is 2.34. The average molecular weight is 333 g/mol. The third-order valence-electron chi connectivity index (χ3n) is 4.52. The summed E-state index contributed by atoms with van der Waals surface area (Å²) in [4.78, 5) is 12.5. The maximum absolute atomic E-state index is 12.6. The van der Waals surface area contributed by atoms with E-state index in [2.05, 4.69) is 16.7 Å². The molecule has 0 radical (unpaired) electrons. The molecule has 1 saturated carbocycles. The number of hydrogen-bond donors (Lipinski definition) is 2. The van der Waals surface area contributed by atoms with E-state index in [4.69, 9.17) is 5.26 Å². The molecule has 0 aromatic heterocycles. The first-order chi connectivity index (χ1) is 10.9.